The van der Waals surface area contributed by atoms with Crippen LogP contribution in [-0.4, -0.2) is 18.1 Å². The summed E-state index contributed by atoms with van der Waals surface area (Å²) >= 11 is 0. The van der Waals surface area contributed by atoms with Gasteiger partial charge in [-0.25, -0.2) is 0 Å². The zero-order valence-corrected chi connectivity index (χ0v) is 8.40. The Morgan fingerprint density at radius 2 is 1.53 bits per heavy atom. The van der Waals surface area contributed by atoms with Crippen LogP contribution in [0.4, 0.5) is 0 Å². The van der Waals surface area contributed by atoms with Crippen molar-refractivity contribution < 1.29 is 18.1 Å². The largest absolute Gasteiger partial charge is 0.507 e. The zero-order valence-electron chi connectivity index (χ0n) is 7.58. The van der Waals surface area contributed by atoms with Crippen LogP contribution < -0.4 is 0 Å². The molecule has 2 aromatic rings. The Morgan fingerprint density at radius 1 is 0.933 bits per heavy atom. The van der Waals surface area contributed by atoms with Gasteiger partial charge in [0.05, 0.1) is 0 Å². The van der Waals surface area contributed by atoms with E-state index in [1.165, 1.54) is 30.3 Å². The van der Waals surface area contributed by atoms with Gasteiger partial charge in [-0.2, -0.15) is 8.42 Å². The van der Waals surface area contributed by atoms with E-state index >= 15 is 0 Å². The minimum Gasteiger partial charge on any atom is -0.507 e. The smallest absolute Gasteiger partial charge is 0.295 e. The second-order valence-corrected chi connectivity index (χ2v) is 4.49. The lowest BCUT2D eigenvalue weighted by Gasteiger charge is -2.04. The molecule has 0 amide bonds. The predicted octanol–water partition coefficient (Wildman–Crippen LogP) is 1.79. The molecule has 0 fully saturated rings. The van der Waals surface area contributed by atoms with Crippen molar-refractivity contribution in [3.05, 3.63) is 36.4 Å². The first-order valence-corrected chi connectivity index (χ1v) is 5.62. The highest BCUT2D eigenvalue weighted by Gasteiger charge is 2.14. The lowest BCUT2D eigenvalue weighted by molar-refractivity contribution is 0.481. The van der Waals surface area contributed by atoms with E-state index < -0.39 is 10.1 Å². The SMILES string of the molecule is O=S(=O)(O)c1cccc2c(O)cccc12. The van der Waals surface area contributed by atoms with Crippen LogP contribution in [0, 0.1) is 0 Å². The molecule has 0 aliphatic rings. The number of rotatable bonds is 1. The van der Waals surface area contributed by atoms with Gasteiger partial charge in [-0.3, -0.25) is 4.55 Å². The summed E-state index contributed by atoms with van der Waals surface area (Å²) in [7, 11) is -4.26. The van der Waals surface area contributed by atoms with Crippen molar-refractivity contribution in [2.24, 2.45) is 0 Å². The third-order valence-electron chi connectivity index (χ3n) is 2.14. The molecule has 0 spiro atoms. The first-order chi connectivity index (χ1) is 7.00. The molecule has 0 bridgehead atoms. The highest BCUT2D eigenvalue weighted by atomic mass is 32.2. The zero-order chi connectivity index (χ0) is 11.1. The van der Waals surface area contributed by atoms with Gasteiger partial charge in [0.2, 0.25) is 0 Å². The summed E-state index contributed by atoms with van der Waals surface area (Å²) in [5.74, 6) is -0.0157. The number of hydrogen-bond donors (Lipinski definition) is 2. The van der Waals surface area contributed by atoms with Crippen molar-refractivity contribution in [3.8, 4) is 5.75 Å². The molecule has 5 heteroatoms. The summed E-state index contributed by atoms with van der Waals surface area (Å²) < 4.78 is 31.0. The molecule has 2 rings (SSSR count). The lowest BCUT2D eigenvalue weighted by Crippen LogP contribution is -1.98. The maximum atomic E-state index is 11.0. The maximum absolute atomic E-state index is 11.0. The first-order valence-electron chi connectivity index (χ1n) is 4.18. The molecule has 2 N–H and O–H groups in total. The van der Waals surface area contributed by atoms with Crippen LogP contribution in [0.15, 0.2) is 41.3 Å². The molecule has 15 heavy (non-hydrogen) atoms. The second kappa shape index (κ2) is 3.22. The number of hydrogen-bond acceptors (Lipinski definition) is 3. The van der Waals surface area contributed by atoms with Crippen LogP contribution >= 0.6 is 0 Å². The number of phenolic OH excluding ortho intramolecular Hbond substituents is 1. The van der Waals surface area contributed by atoms with Crippen molar-refractivity contribution in [3.63, 3.8) is 0 Å². The van der Waals surface area contributed by atoms with Crippen LogP contribution in [-0.2, 0) is 10.1 Å². The van der Waals surface area contributed by atoms with E-state index in [-0.39, 0.29) is 10.6 Å². The quantitative estimate of drug-likeness (QED) is 0.724. The summed E-state index contributed by atoms with van der Waals surface area (Å²) in [6, 6.07) is 8.84. The average molecular weight is 224 g/mol. The fourth-order valence-electron chi connectivity index (χ4n) is 1.49. The number of benzene rings is 2. The third kappa shape index (κ3) is 1.67. The van der Waals surface area contributed by atoms with E-state index in [0.717, 1.165) is 0 Å². The molecule has 0 aromatic heterocycles. The molecule has 0 saturated carbocycles. The van der Waals surface area contributed by atoms with E-state index in [9.17, 15) is 13.5 Å². The van der Waals surface area contributed by atoms with Crippen molar-refractivity contribution in [2.75, 3.05) is 0 Å². The van der Waals surface area contributed by atoms with Crippen molar-refractivity contribution in [1.29, 1.82) is 0 Å². The van der Waals surface area contributed by atoms with Crippen LogP contribution in [0.1, 0.15) is 0 Å². The molecule has 4 nitrogen and oxygen atoms in total. The Hall–Kier alpha value is -1.59. The molecular formula is C10H8O4S. The van der Waals surface area contributed by atoms with Crippen LogP contribution in [0.5, 0.6) is 5.75 Å². The fourth-order valence-corrected chi connectivity index (χ4v) is 2.20. The minimum absolute atomic E-state index is 0.0157. The van der Waals surface area contributed by atoms with Crippen molar-refractivity contribution in [2.45, 2.75) is 4.90 Å². The van der Waals surface area contributed by atoms with Gasteiger partial charge in [0, 0.05) is 10.8 Å². The van der Waals surface area contributed by atoms with Gasteiger partial charge < -0.3 is 5.11 Å². The molecular weight excluding hydrogens is 216 g/mol. The Morgan fingerprint density at radius 3 is 2.20 bits per heavy atom. The fraction of sp³-hybridized carbons (Fsp3) is 0. The van der Waals surface area contributed by atoms with E-state index in [1.807, 2.05) is 0 Å². The third-order valence-corrected chi connectivity index (χ3v) is 3.05. The highest BCUT2D eigenvalue weighted by molar-refractivity contribution is 7.86. The van der Waals surface area contributed by atoms with Crippen LogP contribution in [0.25, 0.3) is 10.8 Å². The van der Waals surface area contributed by atoms with Gasteiger partial charge in [-0.15, -0.1) is 0 Å². The molecule has 0 saturated heterocycles. The summed E-state index contributed by atoms with van der Waals surface area (Å²) in [5.41, 5.74) is 0. The Kier molecular flexibility index (Phi) is 2.13. The number of phenols is 1. The van der Waals surface area contributed by atoms with Gasteiger partial charge >= 0.3 is 0 Å². The highest BCUT2D eigenvalue weighted by Crippen LogP contribution is 2.28. The normalized spacial score (nSPS) is 11.8. The lowest BCUT2D eigenvalue weighted by atomic mass is 10.1. The molecule has 2 aromatic carbocycles. The van der Waals surface area contributed by atoms with Gasteiger partial charge in [-0.1, -0.05) is 24.3 Å². The van der Waals surface area contributed by atoms with Gasteiger partial charge in [-0.05, 0) is 12.1 Å². The van der Waals surface area contributed by atoms with Crippen molar-refractivity contribution in [1.82, 2.24) is 0 Å². The average Bonchev–Trinajstić information content (AvgIpc) is 2.16. The number of fused-ring (bicyclic) bond motifs is 1. The van der Waals surface area contributed by atoms with E-state index in [4.69, 9.17) is 4.55 Å². The maximum Gasteiger partial charge on any atom is 0.295 e. The monoisotopic (exact) mass is 224 g/mol. The van der Waals surface area contributed by atoms with E-state index in [0.29, 0.717) is 10.8 Å². The van der Waals surface area contributed by atoms with Crippen LogP contribution in [0.2, 0.25) is 0 Å². The predicted molar refractivity (Wildman–Crippen MR) is 55.4 cm³/mol. The van der Waals surface area contributed by atoms with Gasteiger partial charge in [0.15, 0.2) is 0 Å². The molecule has 0 aliphatic heterocycles. The molecule has 0 aliphatic carbocycles. The molecule has 0 heterocycles. The molecule has 78 valence electrons. The minimum atomic E-state index is -4.26. The standard InChI is InChI=1S/C10H8O4S/c11-9-5-1-4-8-7(9)3-2-6-10(8)15(12,13)14/h1-6,11H,(H,12,13,14). The summed E-state index contributed by atoms with van der Waals surface area (Å²) in [6.07, 6.45) is 0. The Balaban J connectivity index is 2.96. The molecule has 0 radical (unpaired) electrons. The summed E-state index contributed by atoms with van der Waals surface area (Å²) in [6.45, 7) is 0. The number of aromatic hydroxyl groups is 1. The van der Waals surface area contributed by atoms with E-state index in [1.54, 1.807) is 6.07 Å². The molecule has 0 unspecified atom stereocenters. The first kappa shape index (κ1) is 9.95. The Bertz CT molecular complexity index is 616. The molecule has 0 atom stereocenters. The topological polar surface area (TPSA) is 74.6 Å². The van der Waals surface area contributed by atoms with E-state index in [2.05, 4.69) is 0 Å². The second-order valence-electron chi connectivity index (χ2n) is 3.10. The summed E-state index contributed by atoms with van der Waals surface area (Å²) in [5, 5.41) is 10.2. The van der Waals surface area contributed by atoms with Crippen molar-refractivity contribution >= 4 is 20.9 Å². The van der Waals surface area contributed by atoms with Crippen LogP contribution in [0.3, 0.4) is 0 Å². The van der Waals surface area contributed by atoms with Gasteiger partial charge in [0.1, 0.15) is 10.6 Å². The Labute approximate surface area is 86.5 Å². The van der Waals surface area contributed by atoms with Gasteiger partial charge in [0.25, 0.3) is 10.1 Å². The summed E-state index contributed by atoms with van der Waals surface area (Å²) in [4.78, 5) is -0.198.